The lowest BCUT2D eigenvalue weighted by Crippen LogP contribution is -2.52. The van der Waals surface area contributed by atoms with Crippen LogP contribution in [-0.2, 0) is 19.0 Å². The Morgan fingerprint density at radius 2 is 1.93 bits per heavy atom. The second-order valence-corrected chi connectivity index (χ2v) is 4.38. The summed E-state index contributed by atoms with van der Waals surface area (Å²) in [6, 6.07) is 0. The Morgan fingerprint density at radius 1 is 1.21 bits per heavy atom. The predicted molar refractivity (Wildman–Crippen MR) is 46.3 cm³/mol. The summed E-state index contributed by atoms with van der Waals surface area (Å²) >= 11 is 0. The first-order chi connectivity index (χ1) is 6.57. The maximum absolute atomic E-state index is 11.4. The molecule has 0 N–H and O–H groups in total. The Kier molecular flexibility index (Phi) is 1.43. The molecule has 4 heteroatoms. The molecule has 2 fully saturated rings. The monoisotopic (exact) mass is 196 g/mol. The minimum absolute atomic E-state index is 0.127. The van der Waals surface area contributed by atoms with E-state index in [1.165, 1.54) is 0 Å². The molecule has 3 heterocycles. The standard InChI is InChI=1S/C10H12O4/c1-10(2)13-7-5-3-4-6(8(7)14-10)12-9(5)11/h3-8H,1-2H3/t5-,6+,7+,8-/m1/s1. The van der Waals surface area contributed by atoms with Crippen LogP contribution in [0.4, 0.5) is 0 Å². The number of fused-ring (bicyclic) bond motifs is 1. The molecule has 0 aromatic heterocycles. The predicted octanol–water partition coefficient (Wildman–Crippen LogP) is 0.618. The largest absolute Gasteiger partial charge is 0.455 e. The van der Waals surface area contributed by atoms with Gasteiger partial charge in [-0.1, -0.05) is 6.08 Å². The number of carbonyl (C=O) groups is 1. The molecule has 0 amide bonds. The van der Waals surface area contributed by atoms with Crippen molar-refractivity contribution in [2.75, 3.05) is 0 Å². The zero-order chi connectivity index (χ0) is 9.92. The van der Waals surface area contributed by atoms with Gasteiger partial charge in [0.25, 0.3) is 0 Å². The van der Waals surface area contributed by atoms with Gasteiger partial charge in [0.2, 0.25) is 0 Å². The summed E-state index contributed by atoms with van der Waals surface area (Å²) in [5.41, 5.74) is 0. The zero-order valence-corrected chi connectivity index (χ0v) is 8.10. The molecule has 3 aliphatic heterocycles. The van der Waals surface area contributed by atoms with Crippen LogP contribution >= 0.6 is 0 Å². The lowest BCUT2D eigenvalue weighted by atomic mass is 9.86. The van der Waals surface area contributed by atoms with E-state index in [1.807, 2.05) is 26.0 Å². The fourth-order valence-electron chi connectivity index (χ4n) is 2.33. The van der Waals surface area contributed by atoms with E-state index >= 15 is 0 Å². The summed E-state index contributed by atoms with van der Waals surface area (Å²) in [7, 11) is 0. The van der Waals surface area contributed by atoms with Gasteiger partial charge >= 0.3 is 5.97 Å². The molecule has 2 bridgehead atoms. The molecular formula is C10H12O4. The molecule has 4 atom stereocenters. The van der Waals surface area contributed by atoms with Gasteiger partial charge in [-0.15, -0.1) is 0 Å². The van der Waals surface area contributed by atoms with Crippen molar-refractivity contribution in [3.05, 3.63) is 12.2 Å². The van der Waals surface area contributed by atoms with E-state index < -0.39 is 5.79 Å². The molecule has 4 aliphatic rings. The summed E-state index contributed by atoms with van der Waals surface area (Å²) in [5.74, 6) is -1.09. The van der Waals surface area contributed by atoms with Gasteiger partial charge in [0.05, 0.1) is 0 Å². The molecule has 76 valence electrons. The van der Waals surface area contributed by atoms with E-state index in [1.54, 1.807) is 0 Å². The molecule has 4 nitrogen and oxygen atoms in total. The molecule has 2 saturated heterocycles. The van der Waals surface area contributed by atoms with E-state index in [2.05, 4.69) is 0 Å². The van der Waals surface area contributed by atoms with Crippen LogP contribution in [0.1, 0.15) is 13.8 Å². The van der Waals surface area contributed by atoms with Crippen molar-refractivity contribution in [3.8, 4) is 0 Å². The summed E-state index contributed by atoms with van der Waals surface area (Å²) in [6.45, 7) is 3.71. The molecule has 0 radical (unpaired) electrons. The first-order valence-corrected chi connectivity index (χ1v) is 4.81. The van der Waals surface area contributed by atoms with Crippen LogP contribution in [0.3, 0.4) is 0 Å². The zero-order valence-electron chi connectivity index (χ0n) is 8.10. The number of ether oxygens (including phenoxy) is 3. The van der Waals surface area contributed by atoms with Crippen molar-refractivity contribution in [1.29, 1.82) is 0 Å². The lowest BCUT2D eigenvalue weighted by Gasteiger charge is -2.37. The molecule has 0 aromatic rings. The Morgan fingerprint density at radius 3 is 2.64 bits per heavy atom. The van der Waals surface area contributed by atoms with E-state index in [0.29, 0.717) is 0 Å². The third-order valence-corrected chi connectivity index (χ3v) is 2.87. The van der Waals surface area contributed by atoms with Crippen LogP contribution in [-0.4, -0.2) is 30.1 Å². The van der Waals surface area contributed by atoms with Gasteiger partial charge in [-0.3, -0.25) is 4.79 Å². The van der Waals surface area contributed by atoms with Gasteiger partial charge in [0, 0.05) is 0 Å². The van der Waals surface area contributed by atoms with Gasteiger partial charge in [-0.25, -0.2) is 0 Å². The first kappa shape index (κ1) is 8.44. The smallest absolute Gasteiger partial charge is 0.316 e. The quantitative estimate of drug-likeness (QED) is 0.421. The highest BCUT2D eigenvalue weighted by atomic mass is 16.8. The van der Waals surface area contributed by atoms with Gasteiger partial charge in [0.1, 0.15) is 24.2 Å². The molecule has 4 rings (SSSR count). The Hall–Kier alpha value is -0.870. The van der Waals surface area contributed by atoms with Crippen LogP contribution in [0.2, 0.25) is 0 Å². The van der Waals surface area contributed by atoms with Crippen molar-refractivity contribution in [3.63, 3.8) is 0 Å². The van der Waals surface area contributed by atoms with Crippen molar-refractivity contribution in [2.45, 2.75) is 37.9 Å². The summed E-state index contributed by atoms with van der Waals surface area (Å²) in [4.78, 5) is 11.4. The minimum Gasteiger partial charge on any atom is -0.455 e. The normalized spacial score (nSPS) is 47.7. The van der Waals surface area contributed by atoms with Crippen molar-refractivity contribution >= 4 is 5.97 Å². The topological polar surface area (TPSA) is 44.8 Å². The highest BCUT2D eigenvalue weighted by molar-refractivity contribution is 5.78. The maximum Gasteiger partial charge on any atom is 0.316 e. The van der Waals surface area contributed by atoms with Crippen molar-refractivity contribution in [1.82, 2.24) is 0 Å². The van der Waals surface area contributed by atoms with Crippen LogP contribution < -0.4 is 0 Å². The molecule has 0 aromatic carbocycles. The second kappa shape index (κ2) is 2.38. The summed E-state index contributed by atoms with van der Waals surface area (Å²) in [6.07, 6.45) is 3.19. The van der Waals surface area contributed by atoms with Crippen molar-refractivity contribution in [2.24, 2.45) is 5.92 Å². The summed E-state index contributed by atoms with van der Waals surface area (Å²) < 4.78 is 16.5. The van der Waals surface area contributed by atoms with Crippen LogP contribution in [0.25, 0.3) is 0 Å². The number of hydrogen-bond acceptors (Lipinski definition) is 4. The van der Waals surface area contributed by atoms with Crippen LogP contribution in [0.15, 0.2) is 12.2 Å². The first-order valence-electron chi connectivity index (χ1n) is 4.81. The molecule has 0 saturated carbocycles. The van der Waals surface area contributed by atoms with Crippen LogP contribution in [0.5, 0.6) is 0 Å². The van der Waals surface area contributed by atoms with Crippen molar-refractivity contribution < 1.29 is 19.0 Å². The Balaban J connectivity index is 1.97. The third kappa shape index (κ3) is 0.980. The van der Waals surface area contributed by atoms with Gasteiger partial charge in [-0.05, 0) is 19.9 Å². The fourth-order valence-corrected chi connectivity index (χ4v) is 2.33. The SMILES string of the molecule is CC1(C)O[C@@H]2[C@H](O1)[C@@H]1C=C[C@H]2C(=O)O1. The number of rotatable bonds is 0. The number of hydrogen-bond donors (Lipinski definition) is 0. The lowest BCUT2D eigenvalue weighted by molar-refractivity contribution is -0.171. The van der Waals surface area contributed by atoms with E-state index in [-0.39, 0.29) is 30.2 Å². The molecule has 1 aliphatic carbocycles. The van der Waals surface area contributed by atoms with E-state index in [4.69, 9.17) is 14.2 Å². The van der Waals surface area contributed by atoms with Gasteiger partial charge < -0.3 is 14.2 Å². The highest BCUT2D eigenvalue weighted by Gasteiger charge is 2.56. The second-order valence-electron chi connectivity index (χ2n) is 4.38. The molecule has 14 heavy (non-hydrogen) atoms. The molecule has 0 spiro atoms. The molecule has 0 unspecified atom stereocenters. The van der Waals surface area contributed by atoms with Crippen LogP contribution in [0, 0.1) is 5.92 Å². The average Bonchev–Trinajstić information content (AvgIpc) is 2.41. The van der Waals surface area contributed by atoms with Gasteiger partial charge in [0.15, 0.2) is 5.79 Å². The highest BCUT2D eigenvalue weighted by Crippen LogP contribution is 2.41. The number of esters is 1. The summed E-state index contributed by atoms with van der Waals surface area (Å²) in [5, 5.41) is 0. The van der Waals surface area contributed by atoms with E-state index in [0.717, 1.165) is 0 Å². The number of carbonyl (C=O) groups excluding carboxylic acids is 1. The Labute approximate surface area is 81.8 Å². The maximum atomic E-state index is 11.4. The molecular weight excluding hydrogens is 184 g/mol. The van der Waals surface area contributed by atoms with E-state index in [9.17, 15) is 4.79 Å². The van der Waals surface area contributed by atoms with Gasteiger partial charge in [-0.2, -0.15) is 0 Å². The Bertz CT molecular complexity index is 320. The third-order valence-electron chi connectivity index (χ3n) is 2.87. The fraction of sp³-hybridized carbons (Fsp3) is 0.700. The average molecular weight is 196 g/mol. The minimum atomic E-state index is -0.605.